The monoisotopic (exact) mass is 224 g/mol. The van der Waals surface area contributed by atoms with Crippen LogP contribution in [0.1, 0.15) is 58.8 Å². The third kappa shape index (κ3) is 3.66. The van der Waals surface area contributed by atoms with Crippen LogP contribution < -0.4 is 0 Å². The van der Waals surface area contributed by atoms with Crippen molar-refractivity contribution in [1.82, 2.24) is 0 Å². The van der Waals surface area contributed by atoms with E-state index < -0.39 is 0 Å². The van der Waals surface area contributed by atoms with Crippen LogP contribution in [0.2, 0.25) is 0 Å². The zero-order valence-corrected chi connectivity index (χ0v) is 10.8. The smallest absolute Gasteiger partial charge is 0.333 e. The van der Waals surface area contributed by atoms with Gasteiger partial charge < -0.3 is 4.74 Å². The van der Waals surface area contributed by atoms with Crippen molar-refractivity contribution >= 4 is 5.97 Å². The summed E-state index contributed by atoms with van der Waals surface area (Å²) in [7, 11) is 1.46. The van der Waals surface area contributed by atoms with Gasteiger partial charge in [0.05, 0.1) is 7.11 Å². The van der Waals surface area contributed by atoms with E-state index in [1.807, 2.05) is 6.92 Å². The minimum absolute atomic E-state index is 0.167. The van der Waals surface area contributed by atoms with E-state index in [1.165, 1.54) is 57.6 Å². The number of hydrogen-bond donors (Lipinski definition) is 0. The van der Waals surface area contributed by atoms with Gasteiger partial charge in [0.15, 0.2) is 0 Å². The number of hydrogen-bond acceptors (Lipinski definition) is 2. The Labute approximate surface area is 99.1 Å². The summed E-state index contributed by atoms with van der Waals surface area (Å²) >= 11 is 0. The van der Waals surface area contributed by atoms with Crippen LogP contribution in [0.25, 0.3) is 0 Å². The first kappa shape index (κ1) is 13.3. The molecule has 0 aromatic rings. The first-order chi connectivity index (χ1) is 7.66. The molecule has 0 amide bonds. The van der Waals surface area contributed by atoms with Gasteiger partial charge in [-0.1, -0.05) is 37.7 Å². The zero-order chi connectivity index (χ0) is 12.0. The molecule has 1 saturated carbocycles. The minimum Gasteiger partial charge on any atom is -0.466 e. The normalized spacial score (nSPS) is 20.7. The van der Waals surface area contributed by atoms with Crippen LogP contribution >= 0.6 is 0 Å². The Bertz CT molecular complexity index is 258. The molecular formula is C14H24O2. The molecule has 0 atom stereocenters. The van der Waals surface area contributed by atoms with Gasteiger partial charge in [-0.15, -0.1) is 0 Å². The van der Waals surface area contributed by atoms with Gasteiger partial charge in [0.25, 0.3) is 0 Å². The highest BCUT2D eigenvalue weighted by molar-refractivity contribution is 5.88. The molecule has 0 aromatic carbocycles. The van der Waals surface area contributed by atoms with Crippen LogP contribution in [-0.2, 0) is 9.53 Å². The average Bonchev–Trinajstić information content (AvgIpc) is 2.26. The second-order valence-electron chi connectivity index (χ2n) is 4.84. The molecule has 0 heterocycles. The standard InChI is InChI=1S/C14H24O2/c1-11(12(2)14(15)16-3)13-9-7-5-4-6-8-10-13/h13H,4-10H2,1-3H3. The summed E-state index contributed by atoms with van der Waals surface area (Å²) in [5.41, 5.74) is 2.06. The Hall–Kier alpha value is -0.790. The van der Waals surface area contributed by atoms with Gasteiger partial charge >= 0.3 is 5.97 Å². The lowest BCUT2D eigenvalue weighted by atomic mass is 9.84. The third-order valence-electron chi connectivity index (χ3n) is 3.80. The highest BCUT2D eigenvalue weighted by Crippen LogP contribution is 2.29. The highest BCUT2D eigenvalue weighted by atomic mass is 16.5. The lowest BCUT2D eigenvalue weighted by Gasteiger charge is -2.21. The number of carbonyl (C=O) groups excluding carboxylic acids is 1. The fraction of sp³-hybridized carbons (Fsp3) is 0.786. The first-order valence-corrected chi connectivity index (χ1v) is 6.42. The van der Waals surface area contributed by atoms with Crippen LogP contribution in [0, 0.1) is 5.92 Å². The molecule has 1 aliphatic carbocycles. The first-order valence-electron chi connectivity index (χ1n) is 6.42. The number of methoxy groups -OCH3 is 1. The maximum Gasteiger partial charge on any atom is 0.333 e. The second-order valence-corrected chi connectivity index (χ2v) is 4.84. The molecule has 1 rings (SSSR count). The number of carbonyl (C=O) groups is 1. The minimum atomic E-state index is -0.167. The summed E-state index contributed by atoms with van der Waals surface area (Å²) < 4.78 is 4.78. The Balaban J connectivity index is 2.68. The van der Waals surface area contributed by atoms with E-state index in [1.54, 1.807) is 0 Å². The van der Waals surface area contributed by atoms with Crippen molar-refractivity contribution in [2.45, 2.75) is 58.8 Å². The van der Waals surface area contributed by atoms with Crippen LogP contribution in [-0.4, -0.2) is 13.1 Å². The molecule has 0 aromatic heterocycles. The van der Waals surface area contributed by atoms with E-state index in [2.05, 4.69) is 6.92 Å². The van der Waals surface area contributed by atoms with Crippen LogP contribution in [0.5, 0.6) is 0 Å². The number of allylic oxidation sites excluding steroid dienone is 1. The van der Waals surface area contributed by atoms with Crippen molar-refractivity contribution in [2.75, 3.05) is 7.11 Å². The molecule has 0 unspecified atom stereocenters. The molecule has 16 heavy (non-hydrogen) atoms. The molecular weight excluding hydrogens is 200 g/mol. The van der Waals surface area contributed by atoms with Crippen LogP contribution in [0.3, 0.4) is 0 Å². The molecule has 2 heteroatoms. The molecule has 0 spiro atoms. The Kier molecular flexibility index (Phi) is 5.58. The number of ether oxygens (including phenoxy) is 1. The molecule has 2 nitrogen and oxygen atoms in total. The average molecular weight is 224 g/mol. The fourth-order valence-electron chi connectivity index (χ4n) is 2.51. The van der Waals surface area contributed by atoms with Gasteiger partial charge in [-0.2, -0.15) is 0 Å². The van der Waals surface area contributed by atoms with Gasteiger partial charge in [0, 0.05) is 5.57 Å². The van der Waals surface area contributed by atoms with Crippen molar-refractivity contribution in [3.8, 4) is 0 Å². The Morgan fingerprint density at radius 2 is 1.50 bits per heavy atom. The maximum absolute atomic E-state index is 11.5. The summed E-state index contributed by atoms with van der Waals surface area (Å²) in [6.07, 6.45) is 9.15. The van der Waals surface area contributed by atoms with E-state index in [0.29, 0.717) is 5.92 Å². The van der Waals surface area contributed by atoms with Crippen molar-refractivity contribution in [2.24, 2.45) is 5.92 Å². The zero-order valence-electron chi connectivity index (χ0n) is 10.8. The molecule has 1 aliphatic rings. The van der Waals surface area contributed by atoms with Gasteiger partial charge in [-0.3, -0.25) is 0 Å². The van der Waals surface area contributed by atoms with E-state index >= 15 is 0 Å². The fourth-order valence-corrected chi connectivity index (χ4v) is 2.51. The van der Waals surface area contributed by atoms with Crippen molar-refractivity contribution in [3.05, 3.63) is 11.1 Å². The third-order valence-corrected chi connectivity index (χ3v) is 3.80. The largest absolute Gasteiger partial charge is 0.466 e. The van der Waals surface area contributed by atoms with Crippen molar-refractivity contribution in [1.29, 1.82) is 0 Å². The topological polar surface area (TPSA) is 26.3 Å². The van der Waals surface area contributed by atoms with Crippen molar-refractivity contribution < 1.29 is 9.53 Å². The summed E-state index contributed by atoms with van der Waals surface area (Å²) in [4.78, 5) is 11.5. The van der Waals surface area contributed by atoms with Gasteiger partial charge in [0.1, 0.15) is 0 Å². The number of rotatable bonds is 2. The lowest BCUT2D eigenvalue weighted by molar-refractivity contribution is -0.136. The van der Waals surface area contributed by atoms with E-state index in [0.717, 1.165) is 5.57 Å². The molecule has 0 bridgehead atoms. The van der Waals surface area contributed by atoms with Crippen molar-refractivity contribution in [3.63, 3.8) is 0 Å². The van der Waals surface area contributed by atoms with Gasteiger partial charge in [-0.25, -0.2) is 4.79 Å². The highest BCUT2D eigenvalue weighted by Gasteiger charge is 2.17. The Morgan fingerprint density at radius 1 is 1.00 bits per heavy atom. The van der Waals surface area contributed by atoms with E-state index in [4.69, 9.17) is 4.74 Å². The predicted octanol–water partition coefficient (Wildman–Crippen LogP) is 3.86. The molecule has 1 fully saturated rings. The van der Waals surface area contributed by atoms with Gasteiger partial charge in [-0.05, 0) is 32.6 Å². The summed E-state index contributed by atoms with van der Waals surface area (Å²) in [6, 6.07) is 0. The van der Waals surface area contributed by atoms with Gasteiger partial charge in [0.2, 0.25) is 0 Å². The molecule has 0 saturated heterocycles. The SMILES string of the molecule is COC(=O)C(C)=C(C)C1CCCCCCC1. The maximum atomic E-state index is 11.5. The van der Waals surface area contributed by atoms with E-state index in [-0.39, 0.29) is 5.97 Å². The molecule has 0 radical (unpaired) electrons. The molecule has 92 valence electrons. The quantitative estimate of drug-likeness (QED) is 0.526. The lowest BCUT2D eigenvalue weighted by Crippen LogP contribution is -2.11. The molecule has 0 aliphatic heterocycles. The molecule has 0 N–H and O–H groups in total. The Morgan fingerprint density at radius 3 is 2.00 bits per heavy atom. The predicted molar refractivity (Wildman–Crippen MR) is 66.2 cm³/mol. The van der Waals surface area contributed by atoms with Crippen LogP contribution in [0.4, 0.5) is 0 Å². The summed E-state index contributed by atoms with van der Waals surface area (Å²) in [5, 5.41) is 0. The second kappa shape index (κ2) is 6.72. The summed E-state index contributed by atoms with van der Waals surface area (Å²) in [6.45, 7) is 3.98. The van der Waals surface area contributed by atoms with Crippen LogP contribution in [0.15, 0.2) is 11.1 Å². The number of esters is 1. The van der Waals surface area contributed by atoms with E-state index in [9.17, 15) is 4.79 Å². The summed E-state index contributed by atoms with van der Waals surface area (Å²) in [5.74, 6) is 0.430.